The molecule has 1 unspecified atom stereocenters. The first-order valence-electron chi connectivity index (χ1n) is 9.31. The Hall–Kier alpha value is -2.52. The molecule has 10 heteroatoms. The summed E-state index contributed by atoms with van der Waals surface area (Å²) >= 11 is 5.90. The molecule has 1 saturated heterocycles. The zero-order chi connectivity index (χ0) is 21.7. The maximum Gasteiger partial charge on any atom is 0.422 e. The highest BCUT2D eigenvalue weighted by molar-refractivity contribution is 6.32. The Morgan fingerprint density at radius 2 is 1.97 bits per heavy atom. The van der Waals surface area contributed by atoms with Crippen molar-refractivity contribution in [1.82, 2.24) is 10.3 Å². The fourth-order valence-electron chi connectivity index (χ4n) is 2.96. The molecule has 1 N–H and O–H groups in total. The number of aromatic nitrogens is 1. The topological polar surface area (TPSA) is 63.7 Å². The smallest absolute Gasteiger partial charge is 0.422 e. The number of halogens is 4. The number of anilines is 1. The summed E-state index contributed by atoms with van der Waals surface area (Å²) < 4.78 is 46.6. The lowest BCUT2D eigenvalue weighted by Gasteiger charge is -2.29. The molecule has 0 spiro atoms. The van der Waals surface area contributed by atoms with Crippen LogP contribution in [0.4, 0.5) is 18.9 Å². The van der Waals surface area contributed by atoms with Crippen molar-refractivity contribution >= 4 is 23.2 Å². The fraction of sp³-hybridized carbons (Fsp3) is 0.400. The van der Waals surface area contributed by atoms with Crippen molar-refractivity contribution in [3.63, 3.8) is 0 Å². The quantitative estimate of drug-likeness (QED) is 0.731. The van der Waals surface area contributed by atoms with Gasteiger partial charge in [-0.3, -0.25) is 4.79 Å². The lowest BCUT2D eigenvalue weighted by molar-refractivity contribution is -0.154. The van der Waals surface area contributed by atoms with Gasteiger partial charge in [0.15, 0.2) is 6.61 Å². The minimum Gasteiger partial charge on any atom is -0.467 e. The van der Waals surface area contributed by atoms with Gasteiger partial charge in [0.1, 0.15) is 5.02 Å². The predicted octanol–water partition coefficient (Wildman–Crippen LogP) is 4.00. The Kier molecular flexibility index (Phi) is 7.04. The van der Waals surface area contributed by atoms with E-state index < -0.39 is 18.7 Å². The second kappa shape index (κ2) is 9.53. The van der Waals surface area contributed by atoms with Gasteiger partial charge in [0, 0.05) is 25.0 Å². The van der Waals surface area contributed by atoms with Gasteiger partial charge in [-0.15, -0.1) is 0 Å². The van der Waals surface area contributed by atoms with E-state index in [1.165, 1.54) is 6.07 Å². The number of benzene rings is 1. The molecule has 0 aliphatic carbocycles. The van der Waals surface area contributed by atoms with Gasteiger partial charge < -0.3 is 19.7 Å². The predicted molar refractivity (Wildman–Crippen MR) is 106 cm³/mol. The highest BCUT2D eigenvalue weighted by Crippen LogP contribution is 2.25. The molecule has 162 valence electrons. The Morgan fingerprint density at radius 1 is 1.30 bits per heavy atom. The standard InChI is InChI=1S/C20H21ClF3N3O3/c1-13(14-2-4-16(5-3-14)27-6-8-29-9-7-27)26-18(28)15-10-17(21)19(25-11-15)30-12-20(22,23)24/h2-5,10-11,13H,6-9,12H2,1H3,(H,26,28). The molecule has 1 aliphatic heterocycles. The number of hydrogen-bond donors (Lipinski definition) is 1. The molecule has 2 aromatic rings. The maximum absolute atomic E-state index is 12.5. The van der Waals surface area contributed by atoms with Crippen LogP contribution in [-0.4, -0.2) is 50.0 Å². The third-order valence-corrected chi connectivity index (χ3v) is 4.83. The molecular weight excluding hydrogens is 423 g/mol. The second-order valence-corrected chi connectivity index (χ2v) is 7.21. The van der Waals surface area contributed by atoms with Gasteiger partial charge >= 0.3 is 6.18 Å². The molecule has 0 saturated carbocycles. The Labute approximate surface area is 176 Å². The van der Waals surface area contributed by atoms with Crippen LogP contribution < -0.4 is 15.0 Å². The van der Waals surface area contributed by atoms with Crippen molar-refractivity contribution in [2.24, 2.45) is 0 Å². The van der Waals surface area contributed by atoms with Gasteiger partial charge in [-0.05, 0) is 30.7 Å². The highest BCUT2D eigenvalue weighted by atomic mass is 35.5. The first-order chi connectivity index (χ1) is 14.2. The number of nitrogens with one attached hydrogen (secondary N) is 1. The average molecular weight is 444 g/mol. The maximum atomic E-state index is 12.5. The van der Waals surface area contributed by atoms with E-state index in [-0.39, 0.29) is 22.5 Å². The minimum atomic E-state index is -4.51. The summed E-state index contributed by atoms with van der Waals surface area (Å²) in [5.41, 5.74) is 2.12. The number of carbonyl (C=O) groups is 1. The normalized spacial score (nSPS) is 15.6. The zero-order valence-corrected chi connectivity index (χ0v) is 17.0. The van der Waals surface area contributed by atoms with E-state index in [1.807, 2.05) is 31.2 Å². The van der Waals surface area contributed by atoms with Crippen molar-refractivity contribution < 1.29 is 27.4 Å². The lowest BCUT2D eigenvalue weighted by Crippen LogP contribution is -2.36. The van der Waals surface area contributed by atoms with E-state index in [2.05, 4.69) is 19.9 Å². The van der Waals surface area contributed by atoms with Crippen LogP contribution in [0.25, 0.3) is 0 Å². The number of alkyl halides is 3. The lowest BCUT2D eigenvalue weighted by atomic mass is 10.1. The molecular formula is C20H21ClF3N3O3. The number of morpholine rings is 1. The summed E-state index contributed by atoms with van der Waals surface area (Å²) in [6.45, 7) is 3.39. The molecule has 1 aromatic heterocycles. The number of nitrogens with zero attached hydrogens (tertiary/aromatic N) is 2. The summed E-state index contributed by atoms with van der Waals surface area (Å²) in [5.74, 6) is -0.825. The first kappa shape index (κ1) is 22.2. The van der Waals surface area contributed by atoms with E-state index in [0.29, 0.717) is 13.2 Å². The zero-order valence-electron chi connectivity index (χ0n) is 16.2. The van der Waals surface area contributed by atoms with Crippen LogP contribution in [-0.2, 0) is 4.74 Å². The van der Waals surface area contributed by atoms with Crippen molar-refractivity contribution in [1.29, 1.82) is 0 Å². The SMILES string of the molecule is CC(NC(=O)c1cnc(OCC(F)(F)F)c(Cl)c1)c1ccc(N2CCOCC2)cc1. The van der Waals surface area contributed by atoms with Crippen LogP contribution in [0.1, 0.15) is 28.9 Å². The van der Waals surface area contributed by atoms with Gasteiger partial charge in [-0.2, -0.15) is 13.2 Å². The van der Waals surface area contributed by atoms with Crippen molar-refractivity contribution in [3.05, 3.63) is 52.7 Å². The number of amides is 1. The molecule has 1 fully saturated rings. The molecule has 1 amide bonds. The molecule has 1 aliphatic rings. The molecule has 1 atom stereocenters. The van der Waals surface area contributed by atoms with Crippen LogP contribution in [0.5, 0.6) is 5.88 Å². The summed E-state index contributed by atoms with van der Waals surface area (Å²) in [7, 11) is 0. The average Bonchev–Trinajstić information content (AvgIpc) is 2.73. The van der Waals surface area contributed by atoms with E-state index in [9.17, 15) is 18.0 Å². The number of rotatable bonds is 6. The number of hydrogen-bond acceptors (Lipinski definition) is 5. The molecule has 2 heterocycles. The number of ether oxygens (including phenoxy) is 2. The summed E-state index contributed by atoms with van der Waals surface area (Å²) in [6, 6.07) is 8.80. The summed E-state index contributed by atoms with van der Waals surface area (Å²) in [6.07, 6.45) is -3.38. The Morgan fingerprint density at radius 3 is 2.57 bits per heavy atom. The largest absolute Gasteiger partial charge is 0.467 e. The monoisotopic (exact) mass is 443 g/mol. The van der Waals surface area contributed by atoms with Crippen molar-refractivity contribution in [2.75, 3.05) is 37.8 Å². The Balaban J connectivity index is 1.60. The van der Waals surface area contributed by atoms with E-state index in [4.69, 9.17) is 16.3 Å². The van der Waals surface area contributed by atoms with Gasteiger partial charge in [-0.25, -0.2) is 4.98 Å². The molecule has 0 bridgehead atoms. The van der Waals surface area contributed by atoms with Gasteiger partial charge in [-0.1, -0.05) is 23.7 Å². The van der Waals surface area contributed by atoms with E-state index in [1.54, 1.807) is 0 Å². The fourth-order valence-corrected chi connectivity index (χ4v) is 3.19. The number of pyridine rings is 1. The molecule has 0 radical (unpaired) electrons. The first-order valence-corrected chi connectivity index (χ1v) is 9.69. The molecule has 30 heavy (non-hydrogen) atoms. The van der Waals surface area contributed by atoms with Gasteiger partial charge in [0.25, 0.3) is 5.91 Å². The summed E-state index contributed by atoms with van der Waals surface area (Å²) in [4.78, 5) is 18.4. The van der Waals surface area contributed by atoms with Crippen LogP contribution in [0, 0.1) is 0 Å². The van der Waals surface area contributed by atoms with Crippen molar-refractivity contribution in [3.8, 4) is 5.88 Å². The Bertz CT molecular complexity index is 872. The second-order valence-electron chi connectivity index (χ2n) is 6.80. The van der Waals surface area contributed by atoms with Gasteiger partial charge in [0.05, 0.1) is 24.8 Å². The van der Waals surface area contributed by atoms with Crippen molar-refractivity contribution in [2.45, 2.75) is 19.1 Å². The third kappa shape index (κ3) is 5.99. The van der Waals surface area contributed by atoms with Crippen LogP contribution in [0.3, 0.4) is 0 Å². The van der Waals surface area contributed by atoms with Crippen LogP contribution in [0.15, 0.2) is 36.5 Å². The van der Waals surface area contributed by atoms with E-state index >= 15 is 0 Å². The third-order valence-electron chi connectivity index (χ3n) is 4.56. The van der Waals surface area contributed by atoms with E-state index in [0.717, 1.165) is 30.5 Å². The highest BCUT2D eigenvalue weighted by Gasteiger charge is 2.29. The summed E-state index contributed by atoms with van der Waals surface area (Å²) in [5, 5.41) is 2.65. The molecule has 1 aromatic carbocycles. The molecule has 3 rings (SSSR count). The number of carbonyl (C=O) groups excluding carboxylic acids is 1. The minimum absolute atomic E-state index is 0.121. The van der Waals surface area contributed by atoms with Crippen LogP contribution >= 0.6 is 11.6 Å². The van der Waals surface area contributed by atoms with Gasteiger partial charge in [0.2, 0.25) is 5.88 Å². The van der Waals surface area contributed by atoms with Crippen LogP contribution in [0.2, 0.25) is 5.02 Å². The molecule has 6 nitrogen and oxygen atoms in total.